The fourth-order valence-electron chi connectivity index (χ4n) is 7.89. The number of aromatic nitrogens is 1. The number of benzene rings is 6. The molecule has 6 aromatic carbocycles. The molecule has 48 heavy (non-hydrogen) atoms. The summed E-state index contributed by atoms with van der Waals surface area (Å²) in [4.78, 5) is 2.41. The highest BCUT2D eigenvalue weighted by Gasteiger charge is 2.37. The topological polar surface area (TPSA) is 8.17 Å². The summed E-state index contributed by atoms with van der Waals surface area (Å²) >= 11 is 0. The van der Waals surface area contributed by atoms with Gasteiger partial charge in [-0.2, -0.15) is 0 Å². The molecule has 0 unspecified atom stereocenters. The zero-order valence-corrected chi connectivity index (χ0v) is 27.3. The largest absolute Gasteiger partial charge is 0.337 e. The molecule has 0 N–H and O–H groups in total. The van der Waals surface area contributed by atoms with Crippen molar-refractivity contribution < 1.29 is 0 Å². The maximum Gasteiger partial charge on any atom is 0.0541 e. The van der Waals surface area contributed by atoms with E-state index in [0.29, 0.717) is 0 Å². The van der Waals surface area contributed by atoms with Gasteiger partial charge in [-0.1, -0.05) is 118 Å². The monoisotopic (exact) mass is 616 g/mol. The quantitative estimate of drug-likeness (QED) is 0.192. The van der Waals surface area contributed by atoms with Crippen LogP contribution in [0.15, 0.2) is 164 Å². The molecule has 0 spiro atoms. The molecule has 0 radical (unpaired) electrons. The van der Waals surface area contributed by atoms with Crippen molar-refractivity contribution in [1.29, 1.82) is 0 Å². The Morgan fingerprint density at radius 1 is 0.562 bits per heavy atom. The third-order valence-corrected chi connectivity index (χ3v) is 10.3. The molecule has 9 rings (SSSR count). The van der Waals surface area contributed by atoms with Gasteiger partial charge in [0.15, 0.2) is 0 Å². The van der Waals surface area contributed by atoms with E-state index in [1.807, 2.05) is 0 Å². The lowest BCUT2D eigenvalue weighted by atomic mass is 9.81. The fraction of sp³-hybridized carbons (Fsp3) is 0.0870. The Hall–Kier alpha value is -5.86. The van der Waals surface area contributed by atoms with Crippen LogP contribution in [0.1, 0.15) is 30.5 Å². The highest BCUT2D eigenvalue weighted by Crippen LogP contribution is 2.53. The first-order chi connectivity index (χ1) is 23.5. The maximum atomic E-state index is 4.52. The normalized spacial score (nSPS) is 16.1. The maximum absolute atomic E-state index is 4.52. The van der Waals surface area contributed by atoms with E-state index < -0.39 is 0 Å². The second-order valence-corrected chi connectivity index (χ2v) is 13.5. The van der Waals surface area contributed by atoms with Crippen LogP contribution in [0.25, 0.3) is 55.3 Å². The van der Waals surface area contributed by atoms with Crippen LogP contribution in [0.5, 0.6) is 0 Å². The minimum absolute atomic E-state index is 0.170. The number of rotatable bonds is 3. The molecule has 2 heteroatoms. The average Bonchev–Trinajstić information content (AvgIpc) is 3.59. The van der Waals surface area contributed by atoms with Crippen LogP contribution in [-0.4, -0.2) is 11.1 Å². The summed E-state index contributed by atoms with van der Waals surface area (Å²) in [7, 11) is 0. The minimum atomic E-state index is -0.170. The molecule has 7 aromatic rings. The second kappa shape index (κ2) is 10.9. The minimum Gasteiger partial charge on any atom is -0.337 e. The van der Waals surface area contributed by atoms with Crippen molar-refractivity contribution in [2.75, 3.05) is 11.4 Å². The third-order valence-electron chi connectivity index (χ3n) is 10.3. The Balaban J connectivity index is 1.19. The highest BCUT2D eigenvalue weighted by atomic mass is 15.1. The summed E-state index contributed by atoms with van der Waals surface area (Å²) in [5.41, 5.74) is 15.8. The summed E-state index contributed by atoms with van der Waals surface area (Å²) in [6.07, 6.45) is 8.58. The molecular weight excluding hydrogens is 581 g/mol. The van der Waals surface area contributed by atoms with Crippen LogP contribution in [0.4, 0.5) is 11.4 Å². The molecule has 2 nitrogen and oxygen atoms in total. The predicted octanol–water partition coefficient (Wildman–Crippen LogP) is 12.0. The van der Waals surface area contributed by atoms with Gasteiger partial charge in [0, 0.05) is 45.4 Å². The molecular formula is C46H36N2. The van der Waals surface area contributed by atoms with Crippen LogP contribution in [0.2, 0.25) is 0 Å². The predicted molar refractivity (Wildman–Crippen MR) is 205 cm³/mol. The van der Waals surface area contributed by atoms with Crippen LogP contribution >= 0.6 is 0 Å². The standard InChI is InChI=1S/C46H36N2/c1-31-15-7-6-14-26-47(34-16-8-4-9-17-34)45-30-42-39(29-38(31)45)36-24-22-33(28-41(36)46(42,2)3)32-23-25-44-40(27-32)37-20-12-13-21-43(37)48(44)35-18-10-5-11-19-35/h4-25,27-30H,1,26H2,2-3H3/b14-6-,15-7-. The lowest BCUT2D eigenvalue weighted by molar-refractivity contribution is 0.660. The molecule has 0 amide bonds. The second-order valence-electron chi connectivity index (χ2n) is 13.5. The van der Waals surface area contributed by atoms with Crippen molar-refractivity contribution in [2.24, 2.45) is 0 Å². The van der Waals surface area contributed by atoms with Crippen LogP contribution in [0.3, 0.4) is 0 Å². The van der Waals surface area contributed by atoms with E-state index in [4.69, 9.17) is 0 Å². The van der Waals surface area contributed by atoms with Gasteiger partial charge in [-0.25, -0.2) is 0 Å². The first-order valence-electron chi connectivity index (χ1n) is 16.8. The highest BCUT2D eigenvalue weighted by molar-refractivity contribution is 6.10. The van der Waals surface area contributed by atoms with E-state index in [-0.39, 0.29) is 5.41 Å². The SMILES string of the molecule is C=C1/C=C\C=C/CN(c2ccccc2)c2cc3c(cc21)-c1ccc(-c2ccc4c(c2)c2ccccc2n4-c2ccccc2)cc1C3(C)C. The van der Waals surface area contributed by atoms with E-state index in [9.17, 15) is 0 Å². The Kier molecular flexibility index (Phi) is 6.42. The summed E-state index contributed by atoms with van der Waals surface area (Å²) in [5.74, 6) is 0. The number of para-hydroxylation sites is 3. The summed E-state index contributed by atoms with van der Waals surface area (Å²) in [5, 5.41) is 2.54. The lowest BCUT2D eigenvalue weighted by Crippen LogP contribution is -2.20. The Bertz CT molecular complexity index is 2460. The van der Waals surface area contributed by atoms with E-state index in [1.165, 1.54) is 77.8 Å². The molecule has 0 fully saturated rings. The van der Waals surface area contributed by atoms with Crippen molar-refractivity contribution in [1.82, 2.24) is 4.57 Å². The van der Waals surface area contributed by atoms with Gasteiger partial charge in [-0.15, -0.1) is 0 Å². The molecule has 1 aliphatic carbocycles. The van der Waals surface area contributed by atoms with Crippen molar-refractivity contribution in [3.8, 4) is 27.9 Å². The van der Waals surface area contributed by atoms with Gasteiger partial charge in [0.1, 0.15) is 0 Å². The number of nitrogens with zero attached hydrogens (tertiary/aromatic N) is 2. The average molecular weight is 617 g/mol. The molecule has 2 aliphatic rings. The van der Waals surface area contributed by atoms with Crippen molar-refractivity contribution in [3.63, 3.8) is 0 Å². The van der Waals surface area contributed by atoms with Gasteiger partial charge in [0.2, 0.25) is 0 Å². The third kappa shape index (κ3) is 4.33. The summed E-state index contributed by atoms with van der Waals surface area (Å²) < 4.78 is 2.38. The fourth-order valence-corrected chi connectivity index (χ4v) is 7.89. The van der Waals surface area contributed by atoms with Gasteiger partial charge in [-0.3, -0.25) is 0 Å². The summed E-state index contributed by atoms with van der Waals surface area (Å²) in [6.45, 7) is 10.1. The molecule has 1 aromatic heterocycles. The molecule has 1 aliphatic heterocycles. The lowest BCUT2D eigenvalue weighted by Gasteiger charge is -2.29. The molecule has 0 atom stereocenters. The Morgan fingerprint density at radius 2 is 1.23 bits per heavy atom. The molecule has 0 saturated heterocycles. The number of hydrogen-bond donors (Lipinski definition) is 0. The Morgan fingerprint density at radius 3 is 2.04 bits per heavy atom. The van der Waals surface area contributed by atoms with Gasteiger partial charge >= 0.3 is 0 Å². The first kappa shape index (κ1) is 28.4. The van der Waals surface area contributed by atoms with Crippen molar-refractivity contribution in [2.45, 2.75) is 19.3 Å². The number of hydrogen-bond acceptors (Lipinski definition) is 1. The van der Waals surface area contributed by atoms with Crippen molar-refractivity contribution in [3.05, 3.63) is 181 Å². The molecule has 2 heterocycles. The van der Waals surface area contributed by atoms with Crippen LogP contribution in [-0.2, 0) is 5.41 Å². The number of fused-ring (bicyclic) bond motifs is 7. The van der Waals surface area contributed by atoms with E-state index in [0.717, 1.165) is 12.1 Å². The van der Waals surface area contributed by atoms with Crippen LogP contribution < -0.4 is 4.90 Å². The number of allylic oxidation sites excluding steroid dienone is 4. The van der Waals surface area contributed by atoms with Gasteiger partial charge in [0.05, 0.1) is 11.0 Å². The first-order valence-corrected chi connectivity index (χ1v) is 16.8. The van der Waals surface area contributed by atoms with Gasteiger partial charge in [-0.05, 0) is 99.6 Å². The molecule has 0 bridgehead atoms. The smallest absolute Gasteiger partial charge is 0.0541 e. The zero-order valence-electron chi connectivity index (χ0n) is 27.3. The van der Waals surface area contributed by atoms with E-state index >= 15 is 0 Å². The van der Waals surface area contributed by atoms with E-state index in [1.54, 1.807) is 0 Å². The number of anilines is 2. The van der Waals surface area contributed by atoms with Gasteiger partial charge < -0.3 is 9.47 Å². The van der Waals surface area contributed by atoms with Crippen molar-refractivity contribution >= 4 is 38.8 Å². The van der Waals surface area contributed by atoms with Crippen LogP contribution in [0, 0.1) is 0 Å². The summed E-state index contributed by atoms with van der Waals surface area (Å²) in [6, 6.07) is 49.0. The Labute approximate surface area is 282 Å². The van der Waals surface area contributed by atoms with Gasteiger partial charge in [0.25, 0.3) is 0 Å². The molecule has 230 valence electrons. The van der Waals surface area contributed by atoms with E-state index in [2.05, 4.69) is 188 Å². The zero-order chi connectivity index (χ0) is 32.4. The molecule has 0 saturated carbocycles.